The van der Waals surface area contributed by atoms with Crippen molar-refractivity contribution in [2.45, 2.75) is 38.3 Å². The Labute approximate surface area is 142 Å². The number of amides is 1. The van der Waals surface area contributed by atoms with Gasteiger partial charge in [0.1, 0.15) is 17.7 Å². The zero-order valence-electron chi connectivity index (χ0n) is 13.2. The lowest BCUT2D eigenvalue weighted by Crippen LogP contribution is -2.47. The zero-order chi connectivity index (χ0) is 15.7. The van der Waals surface area contributed by atoms with Crippen molar-refractivity contribution < 1.29 is 13.9 Å². The summed E-state index contributed by atoms with van der Waals surface area (Å²) in [7, 11) is 0. The summed E-state index contributed by atoms with van der Waals surface area (Å²) in [6.07, 6.45) is 3.15. The standard InChI is InChI=1S/C17H23FN2O2.ClH/c1-10(22-14-4-2-3-13(18)8-14)9-20-17(21)15-11-5-6-12(7-11)16(15)19;/h2-4,8,10-12,15-16H,5-7,9,19H2,1H3,(H,20,21);1H. The van der Waals surface area contributed by atoms with Gasteiger partial charge in [-0.3, -0.25) is 4.79 Å². The number of benzene rings is 1. The van der Waals surface area contributed by atoms with Crippen LogP contribution in [0.4, 0.5) is 4.39 Å². The van der Waals surface area contributed by atoms with Crippen LogP contribution in [0.15, 0.2) is 24.3 Å². The van der Waals surface area contributed by atoms with E-state index >= 15 is 0 Å². The monoisotopic (exact) mass is 342 g/mol. The molecule has 2 bridgehead atoms. The van der Waals surface area contributed by atoms with E-state index in [2.05, 4.69) is 5.32 Å². The molecule has 0 saturated heterocycles. The fourth-order valence-corrected chi connectivity index (χ4v) is 3.90. The SMILES string of the molecule is CC(CNC(=O)C1C2CCC(C2)C1N)Oc1cccc(F)c1.Cl. The van der Waals surface area contributed by atoms with Crippen LogP contribution in [-0.4, -0.2) is 24.6 Å². The van der Waals surface area contributed by atoms with Gasteiger partial charge in [-0.15, -0.1) is 12.4 Å². The summed E-state index contributed by atoms with van der Waals surface area (Å²) in [6.45, 7) is 2.25. The van der Waals surface area contributed by atoms with Crippen LogP contribution < -0.4 is 15.8 Å². The molecule has 3 N–H and O–H groups in total. The number of halogens is 2. The van der Waals surface area contributed by atoms with Crippen LogP contribution in [0, 0.1) is 23.6 Å². The van der Waals surface area contributed by atoms with Crippen LogP contribution in [0.3, 0.4) is 0 Å². The topological polar surface area (TPSA) is 64.4 Å². The first-order valence-corrected chi connectivity index (χ1v) is 8.00. The van der Waals surface area contributed by atoms with Crippen molar-refractivity contribution in [1.82, 2.24) is 5.32 Å². The van der Waals surface area contributed by atoms with Crippen molar-refractivity contribution in [3.8, 4) is 5.75 Å². The summed E-state index contributed by atoms with van der Waals surface area (Å²) in [5, 5.41) is 2.94. The number of hydrogen-bond donors (Lipinski definition) is 2. The number of nitrogens with one attached hydrogen (secondary N) is 1. The van der Waals surface area contributed by atoms with Gasteiger partial charge < -0.3 is 15.8 Å². The van der Waals surface area contributed by atoms with Crippen molar-refractivity contribution >= 4 is 18.3 Å². The molecule has 2 fully saturated rings. The Hall–Kier alpha value is -1.33. The molecule has 4 nitrogen and oxygen atoms in total. The summed E-state index contributed by atoms with van der Waals surface area (Å²) in [5.74, 6) is 1.08. The van der Waals surface area contributed by atoms with Gasteiger partial charge in [0.15, 0.2) is 0 Å². The number of hydrogen-bond acceptors (Lipinski definition) is 3. The van der Waals surface area contributed by atoms with Gasteiger partial charge in [-0.25, -0.2) is 4.39 Å². The van der Waals surface area contributed by atoms with E-state index in [-0.39, 0.29) is 42.2 Å². The van der Waals surface area contributed by atoms with Gasteiger partial charge in [0.2, 0.25) is 5.91 Å². The molecule has 0 aliphatic heterocycles. The van der Waals surface area contributed by atoms with Crippen molar-refractivity contribution in [2.24, 2.45) is 23.5 Å². The Balaban J connectivity index is 0.00000192. The molecule has 0 heterocycles. The third kappa shape index (κ3) is 3.96. The number of ether oxygens (including phenoxy) is 1. The zero-order valence-corrected chi connectivity index (χ0v) is 14.0. The average molecular weight is 343 g/mol. The fourth-order valence-electron chi connectivity index (χ4n) is 3.90. The third-order valence-electron chi connectivity index (χ3n) is 4.98. The average Bonchev–Trinajstić information content (AvgIpc) is 3.05. The van der Waals surface area contributed by atoms with Gasteiger partial charge in [0.25, 0.3) is 0 Å². The number of nitrogens with two attached hydrogens (primary N) is 1. The van der Waals surface area contributed by atoms with Crippen LogP contribution in [0.5, 0.6) is 5.75 Å². The summed E-state index contributed by atoms with van der Waals surface area (Å²) in [4.78, 5) is 12.3. The quantitative estimate of drug-likeness (QED) is 0.864. The molecule has 3 rings (SSSR count). The number of fused-ring (bicyclic) bond motifs is 2. The summed E-state index contributed by atoms with van der Waals surface area (Å²) in [6, 6.07) is 6.01. The fraction of sp³-hybridized carbons (Fsp3) is 0.588. The molecule has 0 spiro atoms. The maximum atomic E-state index is 13.1. The van der Waals surface area contributed by atoms with Gasteiger partial charge in [-0.2, -0.15) is 0 Å². The molecule has 1 aromatic carbocycles. The van der Waals surface area contributed by atoms with Crippen LogP contribution in [0.1, 0.15) is 26.2 Å². The predicted molar refractivity (Wildman–Crippen MR) is 89.0 cm³/mol. The molecule has 23 heavy (non-hydrogen) atoms. The molecule has 1 amide bonds. The first-order valence-electron chi connectivity index (χ1n) is 8.00. The minimum atomic E-state index is -0.332. The first-order chi connectivity index (χ1) is 10.5. The second-order valence-electron chi connectivity index (χ2n) is 6.57. The van der Waals surface area contributed by atoms with Gasteiger partial charge in [0, 0.05) is 12.1 Å². The number of carbonyl (C=O) groups is 1. The highest BCUT2D eigenvalue weighted by Crippen LogP contribution is 2.47. The van der Waals surface area contributed by atoms with E-state index in [1.165, 1.54) is 12.1 Å². The molecule has 5 atom stereocenters. The highest BCUT2D eigenvalue weighted by molar-refractivity contribution is 5.85. The van der Waals surface area contributed by atoms with E-state index in [4.69, 9.17) is 10.5 Å². The lowest BCUT2D eigenvalue weighted by atomic mass is 9.84. The van der Waals surface area contributed by atoms with E-state index in [1.54, 1.807) is 12.1 Å². The second-order valence-corrected chi connectivity index (χ2v) is 6.57. The largest absolute Gasteiger partial charge is 0.489 e. The van der Waals surface area contributed by atoms with Crippen LogP contribution in [-0.2, 0) is 4.79 Å². The number of carbonyl (C=O) groups excluding carboxylic acids is 1. The van der Waals surface area contributed by atoms with Crippen LogP contribution in [0.2, 0.25) is 0 Å². The van der Waals surface area contributed by atoms with Crippen LogP contribution in [0.25, 0.3) is 0 Å². The van der Waals surface area contributed by atoms with E-state index in [1.807, 2.05) is 6.92 Å². The molecular formula is C17H24ClFN2O2. The lowest BCUT2D eigenvalue weighted by Gasteiger charge is -2.27. The smallest absolute Gasteiger partial charge is 0.225 e. The van der Waals surface area contributed by atoms with Gasteiger partial charge >= 0.3 is 0 Å². The van der Waals surface area contributed by atoms with E-state index in [0.29, 0.717) is 24.1 Å². The Morgan fingerprint density at radius 1 is 1.43 bits per heavy atom. The first kappa shape index (κ1) is 18.0. The van der Waals surface area contributed by atoms with Gasteiger partial charge in [0.05, 0.1) is 12.5 Å². The molecule has 2 aliphatic carbocycles. The van der Waals surface area contributed by atoms with Crippen molar-refractivity contribution in [2.75, 3.05) is 6.54 Å². The van der Waals surface area contributed by atoms with Crippen molar-refractivity contribution in [3.63, 3.8) is 0 Å². The summed E-state index contributed by atoms with van der Waals surface area (Å²) in [5.41, 5.74) is 6.18. The van der Waals surface area contributed by atoms with Crippen LogP contribution >= 0.6 is 12.4 Å². The maximum Gasteiger partial charge on any atom is 0.225 e. The minimum absolute atomic E-state index is 0. The van der Waals surface area contributed by atoms with Gasteiger partial charge in [-0.05, 0) is 50.2 Å². The van der Waals surface area contributed by atoms with E-state index in [9.17, 15) is 9.18 Å². The summed E-state index contributed by atoms with van der Waals surface area (Å²) < 4.78 is 18.7. The third-order valence-corrected chi connectivity index (χ3v) is 4.98. The number of rotatable bonds is 5. The molecule has 2 saturated carbocycles. The molecule has 0 aromatic heterocycles. The molecule has 5 unspecified atom stereocenters. The summed E-state index contributed by atoms with van der Waals surface area (Å²) >= 11 is 0. The van der Waals surface area contributed by atoms with Crippen molar-refractivity contribution in [1.29, 1.82) is 0 Å². The Morgan fingerprint density at radius 2 is 2.17 bits per heavy atom. The Bertz CT molecular complexity index is 555. The Morgan fingerprint density at radius 3 is 2.83 bits per heavy atom. The molecular weight excluding hydrogens is 319 g/mol. The predicted octanol–water partition coefficient (Wildman–Crippen LogP) is 2.50. The Kier molecular flexibility index (Phi) is 5.87. The maximum absolute atomic E-state index is 13.1. The van der Waals surface area contributed by atoms with Crippen molar-refractivity contribution in [3.05, 3.63) is 30.1 Å². The molecule has 1 aromatic rings. The molecule has 0 radical (unpaired) electrons. The van der Waals surface area contributed by atoms with Gasteiger partial charge in [-0.1, -0.05) is 6.07 Å². The minimum Gasteiger partial charge on any atom is -0.489 e. The lowest BCUT2D eigenvalue weighted by molar-refractivity contribution is -0.127. The highest BCUT2D eigenvalue weighted by atomic mass is 35.5. The molecule has 2 aliphatic rings. The van der Waals surface area contributed by atoms with E-state index < -0.39 is 0 Å². The second kappa shape index (κ2) is 7.49. The highest BCUT2D eigenvalue weighted by Gasteiger charge is 2.48. The molecule has 6 heteroatoms. The molecule has 128 valence electrons. The van der Waals surface area contributed by atoms with E-state index in [0.717, 1.165) is 19.3 Å². The normalized spacial score (nSPS) is 29.7.